The number of allylic oxidation sites excluding steroid dienone is 2. The molecule has 1 N–H and O–H groups in total. The first-order valence-corrected chi connectivity index (χ1v) is 8.69. The Balaban J connectivity index is 1.95. The fourth-order valence-electron chi connectivity index (χ4n) is 5.03. The summed E-state index contributed by atoms with van der Waals surface area (Å²) in [5, 5.41) is 10.7. The number of carbonyl (C=O) groups is 1. The Morgan fingerprint density at radius 2 is 2.17 bits per heavy atom. The van der Waals surface area contributed by atoms with E-state index in [-0.39, 0.29) is 22.5 Å². The standard InChI is InChI=1S/C20H28O3/c1-13-5-7-19(3)14(2)9-16(21)10-18(19)20(13,4)11-17(22)15-6-8-23-12-15/h6,8-9,12-13,17-18,22H,5,7,10-11H2,1-4H3. The van der Waals surface area contributed by atoms with E-state index >= 15 is 0 Å². The van der Waals surface area contributed by atoms with Gasteiger partial charge in [0.25, 0.3) is 0 Å². The van der Waals surface area contributed by atoms with Crippen LogP contribution >= 0.6 is 0 Å². The van der Waals surface area contributed by atoms with Gasteiger partial charge in [-0.3, -0.25) is 4.79 Å². The van der Waals surface area contributed by atoms with Crippen molar-refractivity contribution in [3.63, 3.8) is 0 Å². The molecule has 3 heteroatoms. The van der Waals surface area contributed by atoms with Gasteiger partial charge in [0, 0.05) is 12.0 Å². The number of hydrogen-bond acceptors (Lipinski definition) is 3. The Bertz CT molecular complexity index is 615. The average Bonchev–Trinajstić information content (AvgIpc) is 3.01. The second-order valence-corrected chi connectivity index (χ2v) is 8.19. The number of aliphatic hydroxyl groups excluding tert-OH is 1. The van der Waals surface area contributed by atoms with E-state index in [0.717, 1.165) is 18.4 Å². The average molecular weight is 316 g/mol. The minimum Gasteiger partial charge on any atom is -0.472 e. The maximum absolute atomic E-state index is 12.2. The second kappa shape index (κ2) is 5.62. The molecule has 0 aliphatic heterocycles. The van der Waals surface area contributed by atoms with Crippen LogP contribution in [0.5, 0.6) is 0 Å². The highest BCUT2D eigenvalue weighted by atomic mass is 16.3. The first kappa shape index (κ1) is 16.5. The Morgan fingerprint density at radius 3 is 2.83 bits per heavy atom. The summed E-state index contributed by atoms with van der Waals surface area (Å²) in [5.41, 5.74) is 2.06. The zero-order valence-electron chi connectivity index (χ0n) is 14.6. The smallest absolute Gasteiger partial charge is 0.155 e. The largest absolute Gasteiger partial charge is 0.472 e. The molecule has 126 valence electrons. The van der Waals surface area contributed by atoms with Crippen molar-refractivity contribution in [1.29, 1.82) is 0 Å². The van der Waals surface area contributed by atoms with Crippen LogP contribution in [0, 0.1) is 22.7 Å². The van der Waals surface area contributed by atoms with Gasteiger partial charge in [0.1, 0.15) is 0 Å². The van der Waals surface area contributed by atoms with Crippen molar-refractivity contribution < 1.29 is 14.3 Å². The number of hydrogen-bond donors (Lipinski definition) is 1. The lowest BCUT2D eigenvalue weighted by atomic mass is 9.46. The molecule has 0 radical (unpaired) electrons. The highest BCUT2D eigenvalue weighted by Gasteiger charge is 2.55. The van der Waals surface area contributed by atoms with Crippen molar-refractivity contribution in [2.45, 2.75) is 59.5 Å². The van der Waals surface area contributed by atoms with Crippen LogP contribution in [0.4, 0.5) is 0 Å². The molecule has 5 unspecified atom stereocenters. The van der Waals surface area contributed by atoms with Gasteiger partial charge in [-0.1, -0.05) is 26.3 Å². The number of aliphatic hydroxyl groups is 1. The monoisotopic (exact) mass is 316 g/mol. The molecular formula is C20H28O3. The van der Waals surface area contributed by atoms with Crippen LogP contribution in [0.25, 0.3) is 0 Å². The summed E-state index contributed by atoms with van der Waals surface area (Å²) >= 11 is 0. The van der Waals surface area contributed by atoms with Gasteiger partial charge < -0.3 is 9.52 Å². The summed E-state index contributed by atoms with van der Waals surface area (Å²) < 4.78 is 5.12. The van der Waals surface area contributed by atoms with E-state index < -0.39 is 6.10 Å². The summed E-state index contributed by atoms with van der Waals surface area (Å²) in [6.07, 6.45) is 8.09. The van der Waals surface area contributed by atoms with E-state index in [1.165, 1.54) is 5.57 Å². The molecule has 1 heterocycles. The maximum atomic E-state index is 12.2. The third-order valence-electron chi connectivity index (χ3n) is 7.03. The predicted molar refractivity (Wildman–Crippen MR) is 89.8 cm³/mol. The van der Waals surface area contributed by atoms with Crippen molar-refractivity contribution in [2.75, 3.05) is 0 Å². The van der Waals surface area contributed by atoms with E-state index in [1.807, 2.05) is 12.1 Å². The van der Waals surface area contributed by atoms with Crippen LogP contribution in [0.1, 0.15) is 65.0 Å². The SMILES string of the molecule is CC1=CC(=O)CC2C1(C)CCC(C)C2(C)CC(O)c1ccoc1. The van der Waals surface area contributed by atoms with Crippen LogP contribution in [-0.4, -0.2) is 10.9 Å². The molecule has 23 heavy (non-hydrogen) atoms. The van der Waals surface area contributed by atoms with Gasteiger partial charge >= 0.3 is 0 Å². The van der Waals surface area contributed by atoms with Gasteiger partial charge in [-0.2, -0.15) is 0 Å². The van der Waals surface area contributed by atoms with Crippen molar-refractivity contribution in [1.82, 2.24) is 0 Å². The van der Waals surface area contributed by atoms with E-state index in [4.69, 9.17) is 4.42 Å². The fraction of sp³-hybridized carbons (Fsp3) is 0.650. The van der Waals surface area contributed by atoms with Crippen LogP contribution in [0.3, 0.4) is 0 Å². The molecule has 2 aliphatic carbocycles. The van der Waals surface area contributed by atoms with Crippen LogP contribution in [0.15, 0.2) is 34.7 Å². The Morgan fingerprint density at radius 1 is 1.43 bits per heavy atom. The van der Waals surface area contributed by atoms with Gasteiger partial charge in [0.15, 0.2) is 5.78 Å². The minimum absolute atomic E-state index is 0.0606. The molecule has 1 aromatic heterocycles. The van der Waals surface area contributed by atoms with Crippen molar-refractivity contribution >= 4 is 5.78 Å². The van der Waals surface area contributed by atoms with E-state index in [0.29, 0.717) is 18.8 Å². The van der Waals surface area contributed by atoms with Gasteiger partial charge in [-0.25, -0.2) is 0 Å². The van der Waals surface area contributed by atoms with Crippen molar-refractivity contribution in [3.05, 3.63) is 35.8 Å². The Hall–Kier alpha value is -1.35. The highest BCUT2D eigenvalue weighted by Crippen LogP contribution is 2.62. The quantitative estimate of drug-likeness (QED) is 0.880. The molecule has 0 amide bonds. The summed E-state index contributed by atoms with van der Waals surface area (Å²) in [5.74, 6) is 1.02. The third kappa shape index (κ3) is 2.59. The lowest BCUT2D eigenvalue weighted by Crippen LogP contribution is -2.51. The Kier molecular flexibility index (Phi) is 4.04. The van der Waals surface area contributed by atoms with Crippen LogP contribution in [-0.2, 0) is 4.79 Å². The molecule has 0 bridgehead atoms. The van der Waals surface area contributed by atoms with Gasteiger partial charge in [0.05, 0.1) is 18.6 Å². The number of carbonyl (C=O) groups excluding carboxylic acids is 1. The lowest BCUT2D eigenvalue weighted by molar-refractivity contribution is -0.125. The van der Waals surface area contributed by atoms with Crippen molar-refractivity contribution in [3.8, 4) is 0 Å². The number of fused-ring (bicyclic) bond motifs is 1. The summed E-state index contributed by atoms with van der Waals surface area (Å²) in [7, 11) is 0. The van der Waals surface area contributed by atoms with Crippen LogP contribution in [0.2, 0.25) is 0 Å². The maximum Gasteiger partial charge on any atom is 0.155 e. The molecule has 3 nitrogen and oxygen atoms in total. The number of ketones is 1. The van der Waals surface area contributed by atoms with Gasteiger partial charge in [0.2, 0.25) is 0 Å². The van der Waals surface area contributed by atoms with Crippen molar-refractivity contribution in [2.24, 2.45) is 22.7 Å². The van der Waals surface area contributed by atoms with E-state index in [2.05, 4.69) is 27.7 Å². The van der Waals surface area contributed by atoms with E-state index in [9.17, 15) is 9.90 Å². The summed E-state index contributed by atoms with van der Waals surface area (Å²) in [4.78, 5) is 12.2. The zero-order chi connectivity index (χ0) is 16.8. The molecule has 5 atom stereocenters. The molecule has 0 spiro atoms. The van der Waals surface area contributed by atoms with Gasteiger partial charge in [-0.05, 0) is 61.0 Å². The molecule has 2 aliphatic rings. The second-order valence-electron chi connectivity index (χ2n) is 8.19. The summed E-state index contributed by atoms with van der Waals surface area (Å²) in [6, 6.07) is 1.83. The molecular weight excluding hydrogens is 288 g/mol. The fourth-order valence-corrected chi connectivity index (χ4v) is 5.03. The zero-order valence-corrected chi connectivity index (χ0v) is 14.6. The highest BCUT2D eigenvalue weighted by molar-refractivity contribution is 5.92. The molecule has 1 fully saturated rings. The van der Waals surface area contributed by atoms with Crippen LogP contribution < -0.4 is 0 Å². The van der Waals surface area contributed by atoms with E-state index in [1.54, 1.807) is 12.5 Å². The number of furan rings is 1. The normalized spacial score (nSPS) is 38.8. The Labute approximate surface area is 138 Å². The molecule has 1 aromatic rings. The molecule has 1 saturated carbocycles. The summed E-state index contributed by atoms with van der Waals surface area (Å²) in [6.45, 7) is 8.96. The first-order valence-electron chi connectivity index (χ1n) is 8.69. The minimum atomic E-state index is -0.537. The number of rotatable bonds is 3. The molecule has 0 saturated heterocycles. The third-order valence-corrected chi connectivity index (χ3v) is 7.03. The van der Waals surface area contributed by atoms with Gasteiger partial charge in [-0.15, -0.1) is 0 Å². The predicted octanol–water partition coefficient (Wildman–Crippen LogP) is 4.68. The first-order chi connectivity index (χ1) is 10.8. The lowest BCUT2D eigenvalue weighted by Gasteiger charge is -2.58. The molecule has 3 rings (SSSR count). The molecule has 0 aromatic carbocycles. The topological polar surface area (TPSA) is 50.4 Å².